The van der Waals surface area contributed by atoms with E-state index in [0.29, 0.717) is 48.5 Å². The van der Waals surface area contributed by atoms with Gasteiger partial charge in [-0.15, -0.1) is 0 Å². The molecule has 0 unspecified atom stereocenters. The van der Waals surface area contributed by atoms with Gasteiger partial charge in [-0.2, -0.15) is 4.98 Å². The fourth-order valence-electron chi connectivity index (χ4n) is 2.41. The topological polar surface area (TPSA) is 83.4 Å². The van der Waals surface area contributed by atoms with Crippen molar-refractivity contribution in [2.75, 3.05) is 26.1 Å². The van der Waals surface area contributed by atoms with E-state index in [1.807, 2.05) is 0 Å². The lowest BCUT2D eigenvalue weighted by Gasteiger charge is -2.32. The summed E-state index contributed by atoms with van der Waals surface area (Å²) in [6.07, 6.45) is 1.40. The SMILES string of the molecule is COC1(c2noc(-c3ccc(N)c(Cl)c3)n2)CCOCC1. The molecule has 21 heavy (non-hydrogen) atoms. The van der Waals surface area contributed by atoms with E-state index >= 15 is 0 Å². The minimum atomic E-state index is -0.544. The lowest BCUT2D eigenvalue weighted by molar-refractivity contribution is -0.101. The van der Waals surface area contributed by atoms with Crippen molar-refractivity contribution >= 4 is 17.3 Å². The molecule has 7 heteroatoms. The number of halogens is 1. The van der Waals surface area contributed by atoms with E-state index in [4.69, 9.17) is 31.3 Å². The van der Waals surface area contributed by atoms with Crippen LogP contribution in [0.1, 0.15) is 18.7 Å². The van der Waals surface area contributed by atoms with E-state index in [0.717, 1.165) is 5.56 Å². The highest BCUT2D eigenvalue weighted by Gasteiger charge is 2.39. The Kier molecular flexibility index (Phi) is 3.84. The Balaban J connectivity index is 1.93. The minimum absolute atomic E-state index is 0.398. The first-order valence-electron chi connectivity index (χ1n) is 6.67. The Labute approximate surface area is 127 Å². The lowest BCUT2D eigenvalue weighted by Crippen LogP contribution is -2.36. The molecule has 0 atom stereocenters. The highest BCUT2D eigenvalue weighted by molar-refractivity contribution is 6.33. The van der Waals surface area contributed by atoms with E-state index in [1.165, 1.54) is 0 Å². The fraction of sp³-hybridized carbons (Fsp3) is 0.429. The van der Waals surface area contributed by atoms with Gasteiger partial charge in [0.05, 0.1) is 10.7 Å². The molecule has 1 aromatic heterocycles. The highest BCUT2D eigenvalue weighted by atomic mass is 35.5. The maximum Gasteiger partial charge on any atom is 0.258 e. The number of nitrogens with zero attached hydrogens (tertiary/aromatic N) is 2. The Morgan fingerprint density at radius 1 is 1.33 bits per heavy atom. The van der Waals surface area contributed by atoms with Crippen molar-refractivity contribution in [3.8, 4) is 11.5 Å². The number of rotatable bonds is 3. The third-order valence-corrected chi connectivity index (χ3v) is 4.10. The summed E-state index contributed by atoms with van der Waals surface area (Å²) in [5.74, 6) is 0.936. The van der Waals surface area contributed by atoms with Crippen LogP contribution in [0.5, 0.6) is 0 Å². The van der Waals surface area contributed by atoms with E-state index in [1.54, 1.807) is 25.3 Å². The second kappa shape index (κ2) is 5.63. The van der Waals surface area contributed by atoms with Crippen molar-refractivity contribution in [2.45, 2.75) is 18.4 Å². The largest absolute Gasteiger partial charge is 0.398 e. The van der Waals surface area contributed by atoms with Crippen molar-refractivity contribution in [1.29, 1.82) is 0 Å². The number of hydrogen-bond acceptors (Lipinski definition) is 6. The van der Waals surface area contributed by atoms with Gasteiger partial charge in [0.15, 0.2) is 0 Å². The molecule has 2 heterocycles. The van der Waals surface area contributed by atoms with Crippen molar-refractivity contribution < 1.29 is 14.0 Å². The standard InChI is InChI=1S/C14H16ClN3O3/c1-19-14(4-6-20-7-5-14)13-17-12(21-18-13)9-2-3-11(16)10(15)8-9/h2-3,8H,4-7,16H2,1H3. The normalized spacial score (nSPS) is 17.8. The Hall–Kier alpha value is -1.63. The summed E-state index contributed by atoms with van der Waals surface area (Å²) < 4.78 is 16.4. The molecule has 6 nitrogen and oxygen atoms in total. The fourth-order valence-corrected chi connectivity index (χ4v) is 2.59. The Morgan fingerprint density at radius 3 is 2.76 bits per heavy atom. The second-order valence-electron chi connectivity index (χ2n) is 4.97. The predicted octanol–water partition coefficient (Wildman–Crippen LogP) is 2.62. The number of methoxy groups -OCH3 is 1. The number of aromatic nitrogens is 2. The molecule has 1 aromatic carbocycles. The lowest BCUT2D eigenvalue weighted by atomic mass is 9.93. The van der Waals surface area contributed by atoms with E-state index < -0.39 is 5.60 Å². The summed E-state index contributed by atoms with van der Waals surface area (Å²) in [5.41, 5.74) is 6.39. The molecule has 0 spiro atoms. The molecule has 1 aliphatic rings. The van der Waals surface area contributed by atoms with E-state index in [9.17, 15) is 0 Å². The average molecular weight is 310 g/mol. The Morgan fingerprint density at radius 2 is 2.10 bits per heavy atom. The van der Waals surface area contributed by atoms with Gasteiger partial charge in [-0.1, -0.05) is 16.8 Å². The van der Waals surface area contributed by atoms with Crippen LogP contribution >= 0.6 is 11.6 Å². The highest BCUT2D eigenvalue weighted by Crippen LogP contribution is 2.35. The molecule has 1 aliphatic heterocycles. The second-order valence-corrected chi connectivity index (χ2v) is 5.38. The zero-order valence-corrected chi connectivity index (χ0v) is 12.4. The van der Waals surface area contributed by atoms with Crippen molar-refractivity contribution in [1.82, 2.24) is 10.1 Å². The first kappa shape index (κ1) is 14.3. The minimum Gasteiger partial charge on any atom is -0.398 e. The van der Waals surface area contributed by atoms with Crippen LogP contribution in [-0.2, 0) is 15.1 Å². The van der Waals surface area contributed by atoms with Crippen LogP contribution < -0.4 is 5.73 Å². The van der Waals surface area contributed by atoms with Gasteiger partial charge in [0.1, 0.15) is 5.60 Å². The molecule has 2 N–H and O–H groups in total. The molecule has 2 aromatic rings. The van der Waals surface area contributed by atoms with Gasteiger partial charge in [0.2, 0.25) is 5.82 Å². The Bertz CT molecular complexity index is 638. The summed E-state index contributed by atoms with van der Waals surface area (Å²) in [4.78, 5) is 4.46. The summed E-state index contributed by atoms with van der Waals surface area (Å²) in [6, 6.07) is 5.21. The summed E-state index contributed by atoms with van der Waals surface area (Å²) in [7, 11) is 1.65. The van der Waals surface area contributed by atoms with Gasteiger partial charge < -0.3 is 19.7 Å². The first-order chi connectivity index (χ1) is 10.1. The van der Waals surface area contributed by atoms with Crippen LogP contribution in [0.4, 0.5) is 5.69 Å². The van der Waals surface area contributed by atoms with Crippen LogP contribution in [0.15, 0.2) is 22.7 Å². The van der Waals surface area contributed by atoms with Crippen LogP contribution in [0.2, 0.25) is 5.02 Å². The van der Waals surface area contributed by atoms with Gasteiger partial charge in [0.25, 0.3) is 5.89 Å². The van der Waals surface area contributed by atoms with E-state index in [2.05, 4.69) is 10.1 Å². The van der Waals surface area contributed by atoms with Gasteiger partial charge in [-0.05, 0) is 18.2 Å². The third kappa shape index (κ3) is 2.62. The summed E-state index contributed by atoms with van der Waals surface area (Å²) >= 11 is 6.02. The van der Waals surface area contributed by atoms with Crippen LogP contribution in [0.3, 0.4) is 0 Å². The molecular formula is C14H16ClN3O3. The number of nitrogen functional groups attached to an aromatic ring is 1. The quantitative estimate of drug-likeness (QED) is 0.877. The van der Waals surface area contributed by atoms with Crippen molar-refractivity contribution in [2.24, 2.45) is 0 Å². The molecular weight excluding hydrogens is 294 g/mol. The molecule has 1 fully saturated rings. The van der Waals surface area contributed by atoms with Gasteiger partial charge in [-0.25, -0.2) is 0 Å². The summed E-state index contributed by atoms with van der Waals surface area (Å²) in [5, 5.41) is 4.53. The molecule has 0 saturated carbocycles. The number of hydrogen-bond donors (Lipinski definition) is 1. The van der Waals surface area contributed by atoms with Crippen LogP contribution in [0.25, 0.3) is 11.5 Å². The van der Waals surface area contributed by atoms with Crippen LogP contribution in [0, 0.1) is 0 Å². The van der Waals surface area contributed by atoms with Gasteiger partial charge >= 0.3 is 0 Å². The molecule has 0 amide bonds. The van der Waals surface area contributed by atoms with Crippen molar-refractivity contribution in [3.63, 3.8) is 0 Å². The molecule has 3 rings (SSSR count). The van der Waals surface area contributed by atoms with Gasteiger partial charge in [-0.3, -0.25) is 0 Å². The number of nitrogens with two attached hydrogens (primary N) is 1. The molecule has 112 valence electrons. The van der Waals surface area contributed by atoms with E-state index in [-0.39, 0.29) is 0 Å². The van der Waals surface area contributed by atoms with Crippen molar-refractivity contribution in [3.05, 3.63) is 29.0 Å². The zero-order valence-electron chi connectivity index (χ0n) is 11.6. The smallest absolute Gasteiger partial charge is 0.258 e. The van der Waals surface area contributed by atoms with Crippen LogP contribution in [-0.4, -0.2) is 30.5 Å². The number of benzene rings is 1. The maximum absolute atomic E-state index is 6.02. The molecule has 0 aliphatic carbocycles. The third-order valence-electron chi connectivity index (χ3n) is 3.77. The number of ether oxygens (including phenoxy) is 2. The number of anilines is 1. The molecule has 0 radical (unpaired) electrons. The first-order valence-corrected chi connectivity index (χ1v) is 7.05. The zero-order chi connectivity index (χ0) is 14.9. The molecule has 1 saturated heterocycles. The predicted molar refractivity (Wildman–Crippen MR) is 77.9 cm³/mol. The summed E-state index contributed by atoms with van der Waals surface area (Å²) in [6.45, 7) is 1.23. The average Bonchev–Trinajstić information content (AvgIpc) is 3.01. The molecule has 0 bridgehead atoms. The maximum atomic E-state index is 6.02. The monoisotopic (exact) mass is 309 g/mol. The van der Waals surface area contributed by atoms with Gasteiger partial charge in [0, 0.05) is 38.7 Å².